The summed E-state index contributed by atoms with van der Waals surface area (Å²) in [6.07, 6.45) is 0.262. The molecule has 1 fully saturated rings. The van der Waals surface area contributed by atoms with Crippen molar-refractivity contribution in [3.63, 3.8) is 0 Å². The summed E-state index contributed by atoms with van der Waals surface area (Å²) >= 11 is 11.8. The molecule has 0 saturated carbocycles. The van der Waals surface area contributed by atoms with Gasteiger partial charge in [0.2, 0.25) is 0 Å². The van der Waals surface area contributed by atoms with E-state index in [1.165, 1.54) is 0 Å². The average molecular weight is 577 g/mol. The highest BCUT2D eigenvalue weighted by Crippen LogP contribution is 2.37. The van der Waals surface area contributed by atoms with E-state index >= 15 is 0 Å². The van der Waals surface area contributed by atoms with Crippen molar-refractivity contribution >= 4 is 51.0 Å². The van der Waals surface area contributed by atoms with E-state index in [4.69, 9.17) is 21.3 Å². The Morgan fingerprint density at radius 1 is 1.17 bits per heavy atom. The molecule has 2 aliphatic rings. The van der Waals surface area contributed by atoms with Gasteiger partial charge in [-0.1, -0.05) is 57.5 Å². The van der Waals surface area contributed by atoms with Crippen LogP contribution < -0.4 is 0 Å². The minimum Gasteiger partial charge on any atom is -0.481 e. The molecule has 3 aromatic rings. The fraction of sp³-hybridized carbons (Fsp3) is 0.333. The molecular formula is C24H23BrClN5O3S. The molecule has 0 amide bonds. The number of carboxylic acid groups (broad SMARTS) is 1. The van der Waals surface area contributed by atoms with Crippen LogP contribution >= 0.6 is 39.3 Å². The first-order valence-electron chi connectivity index (χ1n) is 11.2. The van der Waals surface area contributed by atoms with Crippen LogP contribution in [0.2, 0.25) is 5.02 Å². The number of nitrogens with zero attached hydrogens (tertiary/aromatic N) is 5. The van der Waals surface area contributed by atoms with Gasteiger partial charge in [0.05, 0.1) is 30.5 Å². The topological polar surface area (TPSA) is 92.8 Å². The highest BCUT2D eigenvalue weighted by Gasteiger charge is 2.30. The van der Waals surface area contributed by atoms with Crippen LogP contribution in [0.15, 0.2) is 57.1 Å². The minimum atomic E-state index is -0.878. The maximum absolute atomic E-state index is 11.5. The van der Waals surface area contributed by atoms with Crippen LogP contribution in [0.4, 0.5) is 0 Å². The molecule has 5 rings (SSSR count). The molecule has 0 unspecified atom stereocenters. The van der Waals surface area contributed by atoms with Gasteiger partial charge >= 0.3 is 5.97 Å². The Morgan fingerprint density at radius 3 is 2.74 bits per heavy atom. The summed E-state index contributed by atoms with van der Waals surface area (Å²) in [5.74, 6) is 0.504. The molecular weight excluding hydrogens is 554 g/mol. The van der Waals surface area contributed by atoms with Crippen molar-refractivity contribution in [1.29, 1.82) is 0 Å². The Labute approximate surface area is 220 Å². The zero-order chi connectivity index (χ0) is 24.4. The average Bonchev–Trinajstić information content (AvgIpc) is 3.22. The van der Waals surface area contributed by atoms with Crippen LogP contribution in [0, 0.1) is 0 Å². The van der Waals surface area contributed by atoms with Gasteiger partial charge in [0.15, 0.2) is 11.0 Å². The third kappa shape index (κ3) is 5.31. The number of carboxylic acids is 1. The van der Waals surface area contributed by atoms with Crippen LogP contribution in [0.25, 0.3) is 5.69 Å². The number of hydrogen-bond acceptors (Lipinski definition) is 7. The third-order valence-corrected chi connectivity index (χ3v) is 7.78. The lowest BCUT2D eigenvalue weighted by molar-refractivity contribution is -0.137. The first kappa shape index (κ1) is 24.5. The molecule has 3 heterocycles. The summed E-state index contributed by atoms with van der Waals surface area (Å²) in [5.41, 5.74) is 3.25. The van der Waals surface area contributed by atoms with Gasteiger partial charge in [-0.15, -0.1) is 10.2 Å². The Bertz CT molecular complexity index is 1280. The van der Waals surface area contributed by atoms with Crippen molar-refractivity contribution in [3.8, 4) is 5.69 Å². The van der Waals surface area contributed by atoms with Gasteiger partial charge in [0.1, 0.15) is 6.04 Å². The SMILES string of the molecule is O=C(O)CC[C@@H]1N=C(c2ccccc2Cl)c2cc(Br)ccc2-n2c(SCN3CCOCC3)nnc21. The molecule has 1 saturated heterocycles. The predicted molar refractivity (Wildman–Crippen MR) is 139 cm³/mol. The zero-order valence-corrected chi connectivity index (χ0v) is 21.9. The van der Waals surface area contributed by atoms with Crippen molar-refractivity contribution in [2.75, 3.05) is 32.2 Å². The zero-order valence-electron chi connectivity index (χ0n) is 18.7. The smallest absolute Gasteiger partial charge is 0.303 e. The molecule has 182 valence electrons. The van der Waals surface area contributed by atoms with E-state index in [1.54, 1.807) is 11.8 Å². The van der Waals surface area contributed by atoms with E-state index in [2.05, 4.69) is 31.0 Å². The van der Waals surface area contributed by atoms with Gasteiger partial charge in [0.25, 0.3) is 0 Å². The van der Waals surface area contributed by atoms with Gasteiger partial charge < -0.3 is 9.84 Å². The van der Waals surface area contributed by atoms with Gasteiger partial charge in [-0.25, -0.2) is 0 Å². The molecule has 0 radical (unpaired) electrons. The number of thioether (sulfide) groups is 1. The molecule has 35 heavy (non-hydrogen) atoms. The van der Waals surface area contributed by atoms with E-state index in [0.717, 1.165) is 58.6 Å². The Balaban J connectivity index is 1.63. The molecule has 1 aromatic heterocycles. The minimum absolute atomic E-state index is 0.0346. The second kappa shape index (κ2) is 10.8. The third-order valence-electron chi connectivity index (χ3n) is 5.94. The van der Waals surface area contributed by atoms with E-state index in [1.807, 2.05) is 47.0 Å². The molecule has 2 aliphatic heterocycles. The van der Waals surface area contributed by atoms with Crippen molar-refractivity contribution in [3.05, 3.63) is 68.9 Å². The second-order valence-electron chi connectivity index (χ2n) is 8.25. The van der Waals surface area contributed by atoms with Crippen molar-refractivity contribution in [1.82, 2.24) is 19.7 Å². The number of carbonyl (C=O) groups is 1. The van der Waals surface area contributed by atoms with Crippen molar-refractivity contribution < 1.29 is 14.6 Å². The molecule has 0 spiro atoms. The highest BCUT2D eigenvalue weighted by molar-refractivity contribution is 9.10. The number of ether oxygens (including phenoxy) is 1. The summed E-state index contributed by atoms with van der Waals surface area (Å²) in [4.78, 5) is 18.8. The van der Waals surface area contributed by atoms with Crippen molar-refractivity contribution in [2.45, 2.75) is 24.0 Å². The first-order chi connectivity index (χ1) is 17.0. The predicted octanol–water partition coefficient (Wildman–Crippen LogP) is 4.82. The molecule has 0 bridgehead atoms. The monoisotopic (exact) mass is 575 g/mol. The van der Waals surface area contributed by atoms with Crippen LogP contribution in [-0.2, 0) is 9.53 Å². The summed E-state index contributed by atoms with van der Waals surface area (Å²) in [5, 5.41) is 19.7. The van der Waals surface area contributed by atoms with E-state index < -0.39 is 12.0 Å². The number of aromatic nitrogens is 3. The fourth-order valence-corrected chi connectivity index (χ4v) is 5.76. The highest BCUT2D eigenvalue weighted by atomic mass is 79.9. The van der Waals surface area contributed by atoms with Crippen LogP contribution in [-0.4, -0.2) is 68.6 Å². The lowest BCUT2D eigenvalue weighted by Gasteiger charge is -2.25. The number of halogens is 2. The quantitative estimate of drug-likeness (QED) is 0.403. The normalized spacial score (nSPS) is 17.9. The lowest BCUT2D eigenvalue weighted by atomic mass is 10.00. The van der Waals surface area contributed by atoms with Gasteiger partial charge in [0, 0.05) is 40.1 Å². The van der Waals surface area contributed by atoms with E-state index in [9.17, 15) is 9.90 Å². The summed E-state index contributed by atoms with van der Waals surface area (Å²) in [6.45, 7) is 3.19. The van der Waals surface area contributed by atoms with Gasteiger partial charge in [-0.2, -0.15) is 0 Å². The maximum Gasteiger partial charge on any atom is 0.303 e. The summed E-state index contributed by atoms with van der Waals surface area (Å²) < 4.78 is 8.38. The first-order valence-corrected chi connectivity index (χ1v) is 13.4. The molecule has 8 nitrogen and oxygen atoms in total. The Morgan fingerprint density at radius 2 is 1.97 bits per heavy atom. The number of morpholine rings is 1. The Kier molecular flexibility index (Phi) is 7.54. The molecule has 1 N–H and O–H groups in total. The van der Waals surface area contributed by atoms with Crippen molar-refractivity contribution in [2.24, 2.45) is 4.99 Å². The fourth-order valence-electron chi connectivity index (χ4n) is 4.19. The van der Waals surface area contributed by atoms with Gasteiger partial charge in [-0.05, 0) is 30.7 Å². The number of hydrogen-bond donors (Lipinski definition) is 1. The lowest BCUT2D eigenvalue weighted by Crippen LogP contribution is -2.35. The molecule has 11 heteroatoms. The van der Waals surface area contributed by atoms with Crippen LogP contribution in [0.5, 0.6) is 0 Å². The number of aliphatic carboxylic acids is 1. The van der Waals surface area contributed by atoms with Crippen LogP contribution in [0.3, 0.4) is 0 Å². The molecule has 0 aliphatic carbocycles. The maximum atomic E-state index is 11.5. The van der Waals surface area contributed by atoms with E-state index in [-0.39, 0.29) is 6.42 Å². The number of fused-ring (bicyclic) bond motifs is 3. The van der Waals surface area contributed by atoms with Gasteiger partial charge in [-0.3, -0.25) is 19.3 Å². The standard InChI is InChI=1S/C24H23BrClN5O3S/c25-15-5-7-20-17(13-15)22(16-3-1-2-4-18(16)26)27-19(6-8-21(32)33)23-28-29-24(31(20)23)35-14-30-9-11-34-12-10-30/h1-5,7,13,19H,6,8-12,14H2,(H,32,33)/t19-/m0/s1. The molecule has 2 aromatic carbocycles. The largest absolute Gasteiger partial charge is 0.481 e. The second-order valence-corrected chi connectivity index (χ2v) is 10.5. The molecule has 1 atom stereocenters. The number of rotatable bonds is 7. The summed E-state index contributed by atoms with van der Waals surface area (Å²) in [7, 11) is 0. The number of benzene rings is 2. The number of aliphatic imine (C=N–C) groups is 1. The Hall–Kier alpha value is -2.24. The van der Waals surface area contributed by atoms with Crippen LogP contribution in [0.1, 0.15) is 35.8 Å². The van der Waals surface area contributed by atoms with E-state index in [0.29, 0.717) is 23.0 Å². The summed E-state index contributed by atoms with van der Waals surface area (Å²) in [6, 6.07) is 13.1.